The second-order valence-corrected chi connectivity index (χ2v) is 9.98. The van der Waals surface area contributed by atoms with E-state index in [1.54, 1.807) is 39.0 Å². The van der Waals surface area contributed by atoms with Crippen LogP contribution in [0.25, 0.3) is 0 Å². The van der Waals surface area contributed by atoms with Gasteiger partial charge in [-0.3, -0.25) is 4.79 Å². The number of carbonyl (C=O) groups is 2. The second kappa shape index (κ2) is 11.6. The molecule has 2 aromatic carbocycles. The van der Waals surface area contributed by atoms with Gasteiger partial charge in [0.2, 0.25) is 15.9 Å². The molecule has 0 radical (unpaired) electrons. The van der Waals surface area contributed by atoms with Crippen molar-refractivity contribution in [3.63, 3.8) is 0 Å². The lowest BCUT2D eigenvalue weighted by atomic mass is 10.1. The maximum atomic E-state index is 12.7. The first-order chi connectivity index (χ1) is 15.1. The molecule has 0 aliphatic heterocycles. The molecule has 0 aliphatic carbocycles. The molecule has 3 N–H and O–H groups in total. The summed E-state index contributed by atoms with van der Waals surface area (Å²) in [5.74, 6) is -0.236. The van der Waals surface area contributed by atoms with Crippen molar-refractivity contribution in [1.82, 2.24) is 15.4 Å². The molecule has 0 saturated heterocycles. The van der Waals surface area contributed by atoms with Crippen LogP contribution in [0, 0.1) is 0 Å². The number of rotatable bonds is 10. The molecule has 2 amide bonds. The van der Waals surface area contributed by atoms with Crippen molar-refractivity contribution in [1.29, 1.82) is 0 Å². The molecule has 0 aliphatic rings. The Morgan fingerprint density at radius 2 is 1.59 bits per heavy atom. The molecule has 0 atom stereocenters. The van der Waals surface area contributed by atoms with Gasteiger partial charge in [0.25, 0.3) is 0 Å². The van der Waals surface area contributed by atoms with Crippen molar-refractivity contribution in [2.45, 2.75) is 57.2 Å². The van der Waals surface area contributed by atoms with Gasteiger partial charge in [-0.1, -0.05) is 48.5 Å². The SMILES string of the molecule is CC(C)(C)NS(=O)(=O)c1ccccc1CNC(=O)CCCNC(=O)OCc1ccccc1. The average molecular weight is 462 g/mol. The highest BCUT2D eigenvalue weighted by Crippen LogP contribution is 2.17. The molecule has 0 saturated carbocycles. The zero-order valence-corrected chi connectivity index (χ0v) is 19.5. The van der Waals surface area contributed by atoms with Gasteiger partial charge in [-0.2, -0.15) is 0 Å². The van der Waals surface area contributed by atoms with E-state index in [2.05, 4.69) is 15.4 Å². The van der Waals surface area contributed by atoms with Gasteiger partial charge in [-0.15, -0.1) is 0 Å². The fraction of sp³-hybridized carbons (Fsp3) is 0.391. The lowest BCUT2D eigenvalue weighted by Crippen LogP contribution is -2.41. The quantitative estimate of drug-likeness (QED) is 0.471. The monoisotopic (exact) mass is 461 g/mol. The molecule has 9 heteroatoms. The third kappa shape index (κ3) is 9.07. The van der Waals surface area contributed by atoms with Crippen molar-refractivity contribution in [3.8, 4) is 0 Å². The summed E-state index contributed by atoms with van der Waals surface area (Å²) in [5.41, 5.74) is 0.770. The highest BCUT2D eigenvalue weighted by molar-refractivity contribution is 7.89. The van der Waals surface area contributed by atoms with Crippen LogP contribution >= 0.6 is 0 Å². The number of benzene rings is 2. The number of carbonyl (C=O) groups excluding carboxylic acids is 2. The Labute approximate surface area is 189 Å². The highest BCUT2D eigenvalue weighted by Gasteiger charge is 2.24. The summed E-state index contributed by atoms with van der Waals surface area (Å²) in [6.07, 6.45) is 0.0751. The number of alkyl carbamates (subject to hydrolysis) is 1. The molecule has 0 unspecified atom stereocenters. The maximum absolute atomic E-state index is 12.7. The minimum atomic E-state index is -3.72. The summed E-state index contributed by atoms with van der Waals surface area (Å²) in [6.45, 7) is 5.86. The fourth-order valence-corrected chi connectivity index (χ4v) is 4.53. The largest absolute Gasteiger partial charge is 0.445 e. The number of ether oxygens (including phenoxy) is 1. The van der Waals surface area contributed by atoms with Crippen molar-refractivity contribution in [2.75, 3.05) is 6.54 Å². The van der Waals surface area contributed by atoms with E-state index in [0.29, 0.717) is 18.5 Å². The summed E-state index contributed by atoms with van der Waals surface area (Å²) in [6, 6.07) is 15.9. The molecule has 0 aromatic heterocycles. The van der Waals surface area contributed by atoms with E-state index in [1.807, 2.05) is 30.3 Å². The molecule has 0 heterocycles. The third-order valence-electron chi connectivity index (χ3n) is 4.24. The predicted octanol–water partition coefficient (Wildman–Crippen LogP) is 3.09. The Morgan fingerprint density at radius 3 is 2.28 bits per heavy atom. The van der Waals surface area contributed by atoms with Gasteiger partial charge in [0.15, 0.2) is 0 Å². The van der Waals surface area contributed by atoms with Gasteiger partial charge in [-0.25, -0.2) is 17.9 Å². The lowest BCUT2D eigenvalue weighted by Gasteiger charge is -2.21. The zero-order valence-electron chi connectivity index (χ0n) is 18.7. The first-order valence-corrected chi connectivity index (χ1v) is 11.9. The van der Waals surface area contributed by atoms with Gasteiger partial charge in [-0.05, 0) is 44.4 Å². The molecular formula is C23H31N3O5S. The van der Waals surface area contributed by atoms with Crippen LogP contribution in [0.4, 0.5) is 4.79 Å². The summed E-state index contributed by atoms with van der Waals surface area (Å²) >= 11 is 0. The van der Waals surface area contributed by atoms with Gasteiger partial charge in [0.1, 0.15) is 6.61 Å². The van der Waals surface area contributed by atoms with E-state index >= 15 is 0 Å². The van der Waals surface area contributed by atoms with Gasteiger partial charge in [0.05, 0.1) is 4.90 Å². The van der Waals surface area contributed by atoms with E-state index in [1.165, 1.54) is 6.07 Å². The Bertz CT molecular complexity index is 1000. The van der Waals surface area contributed by atoms with Crippen LogP contribution in [0.3, 0.4) is 0 Å². The van der Waals surface area contributed by atoms with Gasteiger partial charge < -0.3 is 15.4 Å². The standard InChI is InChI=1S/C23H31N3O5S/c1-23(2,3)26-32(29,30)20-13-8-7-12-19(20)16-25-21(27)14-9-15-24-22(28)31-17-18-10-5-4-6-11-18/h4-8,10-13,26H,9,14-17H2,1-3H3,(H,24,28)(H,25,27). The minimum absolute atomic E-state index is 0.0899. The first-order valence-electron chi connectivity index (χ1n) is 10.4. The number of hydrogen-bond donors (Lipinski definition) is 3. The topological polar surface area (TPSA) is 114 Å². The van der Waals surface area contributed by atoms with E-state index in [9.17, 15) is 18.0 Å². The second-order valence-electron chi connectivity index (χ2n) is 8.33. The highest BCUT2D eigenvalue weighted by atomic mass is 32.2. The molecule has 32 heavy (non-hydrogen) atoms. The fourth-order valence-electron chi connectivity index (χ4n) is 2.87. The van der Waals surface area contributed by atoms with E-state index in [4.69, 9.17) is 4.74 Å². The number of amides is 2. The molecule has 174 valence electrons. The Morgan fingerprint density at radius 1 is 0.938 bits per heavy atom. The minimum Gasteiger partial charge on any atom is -0.445 e. The molecule has 0 bridgehead atoms. The molecule has 0 spiro atoms. The van der Waals surface area contributed by atoms with Crippen LogP contribution in [0.5, 0.6) is 0 Å². The molecule has 8 nitrogen and oxygen atoms in total. The van der Waals surface area contributed by atoms with Gasteiger partial charge >= 0.3 is 6.09 Å². The number of sulfonamides is 1. The molecule has 2 rings (SSSR count). The van der Waals surface area contributed by atoms with Crippen molar-refractivity contribution in [3.05, 3.63) is 65.7 Å². The van der Waals surface area contributed by atoms with Crippen molar-refractivity contribution < 1.29 is 22.7 Å². The first kappa shape index (κ1) is 25.4. The van der Waals surface area contributed by atoms with E-state index < -0.39 is 21.7 Å². The summed E-state index contributed by atoms with van der Waals surface area (Å²) in [7, 11) is -3.72. The van der Waals surface area contributed by atoms with Crippen LogP contribution in [0.15, 0.2) is 59.5 Å². The van der Waals surface area contributed by atoms with Crippen LogP contribution in [-0.2, 0) is 32.7 Å². The zero-order chi connectivity index (χ0) is 23.6. The molecular weight excluding hydrogens is 430 g/mol. The summed E-state index contributed by atoms with van der Waals surface area (Å²) in [4.78, 5) is 24.0. The van der Waals surface area contributed by atoms with Crippen LogP contribution < -0.4 is 15.4 Å². The Hall–Kier alpha value is -2.91. The predicted molar refractivity (Wildman–Crippen MR) is 122 cm³/mol. The Kier molecular flexibility index (Phi) is 9.22. The normalized spacial score (nSPS) is 11.6. The van der Waals surface area contributed by atoms with Crippen molar-refractivity contribution in [2.24, 2.45) is 0 Å². The third-order valence-corrected chi connectivity index (χ3v) is 6.10. The van der Waals surface area contributed by atoms with Gasteiger partial charge in [0, 0.05) is 25.0 Å². The average Bonchev–Trinajstić information content (AvgIpc) is 2.73. The maximum Gasteiger partial charge on any atom is 0.407 e. The molecule has 2 aromatic rings. The molecule has 0 fully saturated rings. The van der Waals surface area contributed by atoms with Crippen LogP contribution in [0.1, 0.15) is 44.7 Å². The lowest BCUT2D eigenvalue weighted by molar-refractivity contribution is -0.121. The van der Waals surface area contributed by atoms with Crippen LogP contribution in [-0.4, -0.2) is 32.5 Å². The number of nitrogens with one attached hydrogen (secondary N) is 3. The number of hydrogen-bond acceptors (Lipinski definition) is 5. The Balaban J connectivity index is 1.74. The van der Waals surface area contributed by atoms with E-state index in [-0.39, 0.29) is 30.4 Å². The summed E-state index contributed by atoms with van der Waals surface area (Å²) < 4.78 is 33.0. The smallest absolute Gasteiger partial charge is 0.407 e. The van der Waals surface area contributed by atoms with Crippen LogP contribution in [0.2, 0.25) is 0 Å². The van der Waals surface area contributed by atoms with Crippen molar-refractivity contribution >= 4 is 22.0 Å². The summed E-state index contributed by atoms with van der Waals surface area (Å²) in [5, 5.41) is 5.34. The van der Waals surface area contributed by atoms with E-state index in [0.717, 1.165) is 5.56 Å².